The van der Waals surface area contributed by atoms with E-state index >= 15 is 0 Å². The van der Waals surface area contributed by atoms with Crippen molar-refractivity contribution in [2.24, 2.45) is 0 Å². The van der Waals surface area contributed by atoms with Gasteiger partial charge in [0.1, 0.15) is 17.5 Å². The molecule has 18 heavy (non-hydrogen) atoms. The molecule has 0 unspecified atom stereocenters. The van der Waals surface area contributed by atoms with Crippen LogP contribution in [-0.2, 0) is 6.61 Å². The molecule has 0 N–H and O–H groups in total. The van der Waals surface area contributed by atoms with Crippen LogP contribution in [0.25, 0.3) is 0 Å². The van der Waals surface area contributed by atoms with Gasteiger partial charge < -0.3 is 14.2 Å². The minimum Gasteiger partial charge on any atom is -0.487 e. The van der Waals surface area contributed by atoms with Crippen LogP contribution in [0.2, 0.25) is 5.15 Å². The van der Waals surface area contributed by atoms with Crippen molar-refractivity contribution in [1.82, 2.24) is 4.98 Å². The molecular formula is C13H10ClNO3. The molecule has 0 spiro atoms. The highest BCUT2D eigenvalue weighted by atomic mass is 35.5. The van der Waals surface area contributed by atoms with Crippen molar-refractivity contribution in [2.45, 2.75) is 6.61 Å². The Morgan fingerprint density at radius 3 is 2.94 bits per heavy atom. The summed E-state index contributed by atoms with van der Waals surface area (Å²) in [7, 11) is 0. The average molecular weight is 264 g/mol. The van der Waals surface area contributed by atoms with Crippen molar-refractivity contribution in [2.75, 3.05) is 6.79 Å². The second-order valence-electron chi connectivity index (χ2n) is 3.76. The van der Waals surface area contributed by atoms with Crippen LogP contribution in [0.1, 0.15) is 5.69 Å². The fourth-order valence-corrected chi connectivity index (χ4v) is 1.84. The van der Waals surface area contributed by atoms with Crippen molar-refractivity contribution in [1.29, 1.82) is 0 Å². The van der Waals surface area contributed by atoms with Gasteiger partial charge in [0.05, 0.1) is 5.69 Å². The summed E-state index contributed by atoms with van der Waals surface area (Å²) in [5, 5.41) is 0.460. The third-order valence-corrected chi connectivity index (χ3v) is 2.71. The van der Waals surface area contributed by atoms with Crippen molar-refractivity contribution in [3.8, 4) is 17.2 Å². The second-order valence-corrected chi connectivity index (χ2v) is 4.14. The smallest absolute Gasteiger partial charge is 0.231 e. The number of ether oxygens (including phenoxy) is 3. The number of nitrogens with zero attached hydrogens (tertiary/aromatic N) is 1. The van der Waals surface area contributed by atoms with E-state index in [4.69, 9.17) is 25.8 Å². The lowest BCUT2D eigenvalue weighted by Crippen LogP contribution is -1.98. The van der Waals surface area contributed by atoms with Gasteiger partial charge in [-0.05, 0) is 24.3 Å². The summed E-state index contributed by atoms with van der Waals surface area (Å²) in [5.41, 5.74) is 0.778. The van der Waals surface area contributed by atoms with Gasteiger partial charge in [0.25, 0.3) is 0 Å². The van der Waals surface area contributed by atoms with Gasteiger partial charge in [0.2, 0.25) is 6.79 Å². The molecule has 0 radical (unpaired) electrons. The molecule has 1 aromatic heterocycles. The zero-order valence-electron chi connectivity index (χ0n) is 9.43. The summed E-state index contributed by atoms with van der Waals surface area (Å²) in [6, 6.07) is 10.9. The van der Waals surface area contributed by atoms with E-state index in [-0.39, 0.29) is 6.79 Å². The minimum atomic E-state index is 0.259. The molecule has 0 saturated heterocycles. The molecule has 5 heteroatoms. The Bertz CT molecular complexity index is 574. The third kappa shape index (κ3) is 2.33. The SMILES string of the molecule is Clc1cccc(COc2ccc3c(c2)OCO3)n1. The molecule has 4 nitrogen and oxygen atoms in total. The lowest BCUT2D eigenvalue weighted by Gasteiger charge is -2.06. The van der Waals surface area contributed by atoms with Gasteiger partial charge in [-0.15, -0.1) is 0 Å². The van der Waals surface area contributed by atoms with Crippen molar-refractivity contribution < 1.29 is 14.2 Å². The number of fused-ring (bicyclic) bond motifs is 1. The first kappa shape index (κ1) is 11.2. The van der Waals surface area contributed by atoms with Crippen LogP contribution in [0.15, 0.2) is 36.4 Å². The van der Waals surface area contributed by atoms with E-state index in [2.05, 4.69) is 4.98 Å². The van der Waals surface area contributed by atoms with E-state index in [9.17, 15) is 0 Å². The Labute approximate surface area is 109 Å². The van der Waals surface area contributed by atoms with Gasteiger partial charge in [-0.3, -0.25) is 0 Å². The molecule has 0 bridgehead atoms. The first-order chi connectivity index (χ1) is 8.81. The van der Waals surface area contributed by atoms with Crippen LogP contribution in [0, 0.1) is 0 Å². The predicted molar refractivity (Wildman–Crippen MR) is 66.1 cm³/mol. The number of hydrogen-bond acceptors (Lipinski definition) is 4. The molecule has 1 aliphatic rings. The summed E-state index contributed by atoms with van der Waals surface area (Å²) in [4.78, 5) is 4.15. The maximum Gasteiger partial charge on any atom is 0.231 e. The van der Waals surface area contributed by atoms with Gasteiger partial charge in [-0.2, -0.15) is 0 Å². The van der Waals surface area contributed by atoms with Gasteiger partial charge in [0.15, 0.2) is 11.5 Å². The van der Waals surface area contributed by atoms with E-state index in [1.54, 1.807) is 12.1 Å². The average Bonchev–Trinajstić information content (AvgIpc) is 2.84. The quantitative estimate of drug-likeness (QED) is 0.798. The maximum atomic E-state index is 5.80. The molecule has 0 atom stereocenters. The van der Waals surface area contributed by atoms with Crippen LogP contribution in [0.5, 0.6) is 17.2 Å². The van der Waals surface area contributed by atoms with Gasteiger partial charge in [-0.1, -0.05) is 17.7 Å². The highest BCUT2D eigenvalue weighted by Crippen LogP contribution is 2.35. The zero-order chi connectivity index (χ0) is 12.4. The van der Waals surface area contributed by atoms with E-state index < -0.39 is 0 Å². The van der Waals surface area contributed by atoms with E-state index in [1.165, 1.54) is 0 Å². The molecule has 2 heterocycles. The van der Waals surface area contributed by atoms with Crippen molar-refractivity contribution in [3.63, 3.8) is 0 Å². The number of benzene rings is 1. The third-order valence-electron chi connectivity index (χ3n) is 2.50. The minimum absolute atomic E-state index is 0.259. The molecule has 2 aromatic rings. The van der Waals surface area contributed by atoms with Crippen LogP contribution in [0.3, 0.4) is 0 Å². The molecule has 1 aliphatic heterocycles. The van der Waals surface area contributed by atoms with Crippen molar-refractivity contribution >= 4 is 11.6 Å². The van der Waals surface area contributed by atoms with E-state index in [1.807, 2.05) is 24.3 Å². The van der Waals surface area contributed by atoms with Gasteiger partial charge in [-0.25, -0.2) is 4.98 Å². The molecule has 0 fully saturated rings. The molecule has 0 aliphatic carbocycles. The Hall–Kier alpha value is -1.94. The number of aromatic nitrogens is 1. The molecule has 0 amide bonds. The molecule has 1 aromatic carbocycles. The summed E-state index contributed by atoms with van der Waals surface area (Å²) >= 11 is 5.80. The van der Waals surface area contributed by atoms with Crippen LogP contribution in [-0.4, -0.2) is 11.8 Å². The summed E-state index contributed by atoms with van der Waals surface area (Å²) in [5.74, 6) is 2.15. The first-order valence-electron chi connectivity index (χ1n) is 5.45. The lowest BCUT2D eigenvalue weighted by atomic mass is 10.3. The second kappa shape index (κ2) is 4.74. The first-order valence-corrected chi connectivity index (χ1v) is 5.83. The van der Waals surface area contributed by atoms with E-state index in [0.29, 0.717) is 23.3 Å². The standard InChI is InChI=1S/C13H10ClNO3/c14-13-3-1-2-9(15-13)7-16-10-4-5-11-12(6-10)18-8-17-11/h1-6H,7-8H2. The van der Waals surface area contributed by atoms with Crippen LogP contribution >= 0.6 is 11.6 Å². The molecule has 3 rings (SSSR count). The Morgan fingerprint density at radius 2 is 2.06 bits per heavy atom. The Kier molecular flexibility index (Phi) is 2.94. The topological polar surface area (TPSA) is 40.6 Å². The fourth-order valence-electron chi connectivity index (χ4n) is 1.65. The molecular weight excluding hydrogens is 254 g/mol. The fraction of sp³-hybridized carbons (Fsp3) is 0.154. The Balaban J connectivity index is 1.70. The normalized spacial score (nSPS) is 12.5. The van der Waals surface area contributed by atoms with Crippen LogP contribution in [0.4, 0.5) is 0 Å². The largest absolute Gasteiger partial charge is 0.487 e. The molecule has 92 valence electrons. The zero-order valence-corrected chi connectivity index (χ0v) is 10.2. The number of hydrogen-bond donors (Lipinski definition) is 0. The number of pyridine rings is 1. The monoisotopic (exact) mass is 263 g/mol. The lowest BCUT2D eigenvalue weighted by molar-refractivity contribution is 0.173. The van der Waals surface area contributed by atoms with Crippen LogP contribution < -0.4 is 14.2 Å². The van der Waals surface area contributed by atoms with Gasteiger partial charge in [0, 0.05) is 6.07 Å². The summed E-state index contributed by atoms with van der Waals surface area (Å²) in [6.45, 7) is 0.620. The Morgan fingerprint density at radius 1 is 1.17 bits per heavy atom. The number of halogens is 1. The highest BCUT2D eigenvalue weighted by molar-refractivity contribution is 6.29. The maximum absolute atomic E-state index is 5.80. The van der Waals surface area contributed by atoms with E-state index in [0.717, 1.165) is 11.4 Å². The van der Waals surface area contributed by atoms with Gasteiger partial charge >= 0.3 is 0 Å². The number of rotatable bonds is 3. The summed E-state index contributed by atoms with van der Waals surface area (Å²) < 4.78 is 16.1. The van der Waals surface area contributed by atoms with Crippen molar-refractivity contribution in [3.05, 3.63) is 47.2 Å². The highest BCUT2D eigenvalue weighted by Gasteiger charge is 2.13. The summed E-state index contributed by atoms with van der Waals surface area (Å²) in [6.07, 6.45) is 0. The molecule has 0 saturated carbocycles. The predicted octanol–water partition coefficient (Wildman–Crippen LogP) is 3.04.